The quantitative estimate of drug-likeness (QED) is 0.738. The molecular weight excluding hydrogens is 262 g/mol. The first-order valence-electron chi connectivity index (χ1n) is 7.85. The summed E-state index contributed by atoms with van der Waals surface area (Å²) < 4.78 is 5.62. The third kappa shape index (κ3) is 4.76. The minimum absolute atomic E-state index is 0.146. The minimum atomic E-state index is -0.319. The van der Waals surface area contributed by atoms with Crippen LogP contribution in [-0.4, -0.2) is 19.1 Å². The van der Waals surface area contributed by atoms with Crippen LogP contribution in [0.15, 0.2) is 30.3 Å². The highest BCUT2D eigenvalue weighted by molar-refractivity contribution is 5.82. The molecule has 0 radical (unpaired) electrons. The van der Waals surface area contributed by atoms with E-state index < -0.39 is 0 Å². The highest BCUT2D eigenvalue weighted by Crippen LogP contribution is 2.35. The molecule has 0 saturated carbocycles. The van der Waals surface area contributed by atoms with Crippen molar-refractivity contribution in [2.24, 2.45) is 17.3 Å². The molecule has 0 fully saturated rings. The second kappa shape index (κ2) is 8.06. The molecular formula is C18H29NO2. The summed E-state index contributed by atoms with van der Waals surface area (Å²) in [6.07, 6.45) is 0.812. The van der Waals surface area contributed by atoms with Gasteiger partial charge in [-0.15, -0.1) is 0 Å². The Balaban J connectivity index is 2.33. The molecule has 0 atom stereocenters. The van der Waals surface area contributed by atoms with Crippen molar-refractivity contribution >= 4 is 5.91 Å². The van der Waals surface area contributed by atoms with Crippen LogP contribution >= 0.6 is 0 Å². The van der Waals surface area contributed by atoms with Crippen LogP contribution in [0.2, 0.25) is 0 Å². The summed E-state index contributed by atoms with van der Waals surface area (Å²) in [6.45, 7) is 11.8. The third-order valence-corrected chi connectivity index (χ3v) is 4.51. The maximum atomic E-state index is 12.4. The Morgan fingerprint density at radius 2 is 1.71 bits per heavy atom. The Kier molecular flexibility index (Phi) is 6.73. The van der Waals surface area contributed by atoms with E-state index in [-0.39, 0.29) is 11.3 Å². The first kappa shape index (κ1) is 17.5. The lowest BCUT2D eigenvalue weighted by atomic mass is 9.70. The highest BCUT2D eigenvalue weighted by Gasteiger charge is 2.39. The van der Waals surface area contributed by atoms with Crippen molar-refractivity contribution in [1.82, 2.24) is 5.32 Å². The number of ether oxygens (including phenoxy) is 1. The van der Waals surface area contributed by atoms with Crippen LogP contribution < -0.4 is 10.1 Å². The fourth-order valence-electron chi connectivity index (χ4n) is 2.36. The Morgan fingerprint density at radius 1 is 1.14 bits per heavy atom. The number of benzene rings is 1. The molecule has 1 aromatic rings. The molecule has 0 spiro atoms. The van der Waals surface area contributed by atoms with E-state index in [1.54, 1.807) is 0 Å². The van der Waals surface area contributed by atoms with Gasteiger partial charge in [-0.05, 0) is 30.4 Å². The Bertz CT molecular complexity index is 418. The van der Waals surface area contributed by atoms with Crippen LogP contribution in [-0.2, 0) is 4.79 Å². The number of hydrogen-bond donors (Lipinski definition) is 1. The minimum Gasteiger partial charge on any atom is -0.494 e. The SMILES string of the molecule is CC(C)C(C)(C(=O)NCCCOc1ccccc1)C(C)C. The maximum Gasteiger partial charge on any atom is 0.226 e. The summed E-state index contributed by atoms with van der Waals surface area (Å²) in [7, 11) is 0. The molecule has 0 aliphatic heterocycles. The molecule has 1 amide bonds. The molecule has 3 nitrogen and oxygen atoms in total. The number of para-hydroxylation sites is 1. The number of hydrogen-bond acceptors (Lipinski definition) is 2. The van der Waals surface area contributed by atoms with E-state index in [0.717, 1.165) is 12.2 Å². The molecule has 0 aromatic heterocycles. The predicted molar refractivity (Wildman–Crippen MR) is 87.3 cm³/mol. The van der Waals surface area contributed by atoms with Gasteiger partial charge >= 0.3 is 0 Å². The van der Waals surface area contributed by atoms with Crippen molar-refractivity contribution in [3.05, 3.63) is 30.3 Å². The normalized spacial score (nSPS) is 11.8. The van der Waals surface area contributed by atoms with E-state index in [0.29, 0.717) is 25.0 Å². The van der Waals surface area contributed by atoms with Gasteiger partial charge in [-0.1, -0.05) is 52.8 Å². The van der Waals surface area contributed by atoms with Gasteiger partial charge in [-0.25, -0.2) is 0 Å². The Hall–Kier alpha value is -1.51. The highest BCUT2D eigenvalue weighted by atomic mass is 16.5. The average Bonchev–Trinajstić information content (AvgIpc) is 2.46. The van der Waals surface area contributed by atoms with E-state index in [9.17, 15) is 4.79 Å². The first-order valence-corrected chi connectivity index (χ1v) is 7.85. The molecule has 1 aromatic carbocycles. The molecule has 0 bridgehead atoms. The van der Waals surface area contributed by atoms with Gasteiger partial charge < -0.3 is 10.1 Å². The molecule has 0 aliphatic rings. The van der Waals surface area contributed by atoms with Gasteiger partial charge in [-0.3, -0.25) is 4.79 Å². The lowest BCUT2D eigenvalue weighted by Gasteiger charge is -2.36. The van der Waals surface area contributed by atoms with E-state index in [1.165, 1.54) is 0 Å². The second-order valence-electron chi connectivity index (χ2n) is 6.36. The molecule has 1 N–H and O–H groups in total. The van der Waals surface area contributed by atoms with Gasteiger partial charge in [0, 0.05) is 6.54 Å². The molecule has 0 unspecified atom stereocenters. The average molecular weight is 291 g/mol. The maximum absolute atomic E-state index is 12.4. The van der Waals surface area contributed by atoms with Crippen LogP contribution in [0.5, 0.6) is 5.75 Å². The standard InChI is InChI=1S/C18H29NO2/c1-14(2)18(5,15(3)4)17(20)19-12-9-13-21-16-10-7-6-8-11-16/h6-8,10-11,14-15H,9,12-13H2,1-5H3,(H,19,20). The van der Waals surface area contributed by atoms with Gasteiger partial charge in [0.2, 0.25) is 5.91 Å². The van der Waals surface area contributed by atoms with Crippen molar-refractivity contribution in [3.8, 4) is 5.75 Å². The summed E-state index contributed by atoms with van der Waals surface area (Å²) in [6, 6.07) is 9.74. The number of carbonyl (C=O) groups is 1. The zero-order valence-electron chi connectivity index (χ0n) is 14.0. The zero-order valence-corrected chi connectivity index (χ0v) is 14.0. The molecule has 0 saturated heterocycles. The number of carbonyl (C=O) groups excluding carboxylic acids is 1. The van der Waals surface area contributed by atoms with Gasteiger partial charge in [0.05, 0.1) is 12.0 Å². The van der Waals surface area contributed by atoms with Gasteiger partial charge in [0.25, 0.3) is 0 Å². The van der Waals surface area contributed by atoms with Crippen molar-refractivity contribution in [2.45, 2.75) is 41.0 Å². The van der Waals surface area contributed by atoms with E-state index in [4.69, 9.17) is 4.74 Å². The van der Waals surface area contributed by atoms with Crippen molar-refractivity contribution in [1.29, 1.82) is 0 Å². The Morgan fingerprint density at radius 3 is 2.24 bits per heavy atom. The Labute approximate surface area is 129 Å². The van der Waals surface area contributed by atoms with Crippen LogP contribution in [0.4, 0.5) is 0 Å². The number of nitrogens with one attached hydrogen (secondary N) is 1. The first-order chi connectivity index (χ1) is 9.89. The third-order valence-electron chi connectivity index (χ3n) is 4.51. The monoisotopic (exact) mass is 291 g/mol. The molecule has 118 valence electrons. The fourth-order valence-corrected chi connectivity index (χ4v) is 2.36. The molecule has 21 heavy (non-hydrogen) atoms. The van der Waals surface area contributed by atoms with Crippen LogP contribution in [0, 0.1) is 17.3 Å². The summed E-state index contributed by atoms with van der Waals surface area (Å²) in [5, 5.41) is 3.05. The van der Waals surface area contributed by atoms with Crippen molar-refractivity contribution in [2.75, 3.05) is 13.2 Å². The van der Waals surface area contributed by atoms with Crippen LogP contribution in [0.25, 0.3) is 0 Å². The molecule has 3 heteroatoms. The summed E-state index contributed by atoms with van der Waals surface area (Å²) in [5.41, 5.74) is -0.319. The molecule has 0 aliphatic carbocycles. The van der Waals surface area contributed by atoms with Gasteiger partial charge in [-0.2, -0.15) is 0 Å². The van der Waals surface area contributed by atoms with E-state index in [1.807, 2.05) is 30.3 Å². The summed E-state index contributed by atoms with van der Waals surface area (Å²) in [4.78, 5) is 12.4. The van der Waals surface area contributed by atoms with Crippen molar-refractivity contribution in [3.63, 3.8) is 0 Å². The van der Waals surface area contributed by atoms with E-state index >= 15 is 0 Å². The molecule has 1 rings (SSSR count). The second-order valence-corrected chi connectivity index (χ2v) is 6.36. The van der Waals surface area contributed by atoms with Crippen molar-refractivity contribution < 1.29 is 9.53 Å². The molecule has 0 heterocycles. The predicted octanol–water partition coefficient (Wildman–Crippen LogP) is 3.89. The number of rotatable bonds is 8. The summed E-state index contributed by atoms with van der Waals surface area (Å²) in [5.74, 6) is 1.65. The lowest BCUT2D eigenvalue weighted by Crippen LogP contribution is -2.46. The smallest absolute Gasteiger partial charge is 0.226 e. The summed E-state index contributed by atoms with van der Waals surface area (Å²) >= 11 is 0. The van der Waals surface area contributed by atoms with E-state index in [2.05, 4.69) is 39.9 Å². The topological polar surface area (TPSA) is 38.3 Å². The lowest BCUT2D eigenvalue weighted by molar-refractivity contribution is -0.135. The largest absolute Gasteiger partial charge is 0.494 e. The fraction of sp³-hybridized carbons (Fsp3) is 0.611. The zero-order chi connectivity index (χ0) is 15.9. The van der Waals surface area contributed by atoms with Gasteiger partial charge in [0.1, 0.15) is 5.75 Å². The van der Waals surface area contributed by atoms with Gasteiger partial charge in [0.15, 0.2) is 0 Å². The van der Waals surface area contributed by atoms with Crippen LogP contribution in [0.1, 0.15) is 41.0 Å². The van der Waals surface area contributed by atoms with Crippen LogP contribution in [0.3, 0.4) is 0 Å². The number of amides is 1.